The Hall–Kier alpha value is -1.32. The zero-order valence-corrected chi connectivity index (χ0v) is 14.2. The van der Waals surface area contributed by atoms with Gasteiger partial charge in [0, 0.05) is 24.1 Å². The van der Waals surface area contributed by atoms with Crippen molar-refractivity contribution in [2.45, 2.75) is 72.3 Å². The van der Waals surface area contributed by atoms with Gasteiger partial charge in [0.05, 0.1) is 0 Å². The Bertz CT molecular complexity index is 470. The lowest BCUT2D eigenvalue weighted by Gasteiger charge is -2.19. The monoisotopic (exact) mass is 290 g/mol. The maximum Gasteiger partial charge on any atom is 0.135 e. The van der Waals surface area contributed by atoms with E-state index in [0.29, 0.717) is 12.0 Å². The van der Waals surface area contributed by atoms with Gasteiger partial charge in [-0.25, -0.2) is 9.97 Å². The van der Waals surface area contributed by atoms with Gasteiger partial charge >= 0.3 is 0 Å². The van der Waals surface area contributed by atoms with Gasteiger partial charge in [0.2, 0.25) is 0 Å². The summed E-state index contributed by atoms with van der Waals surface area (Å²) in [6.07, 6.45) is 4.92. The molecule has 2 unspecified atom stereocenters. The smallest absolute Gasteiger partial charge is 0.135 e. The van der Waals surface area contributed by atoms with Crippen molar-refractivity contribution in [1.29, 1.82) is 0 Å². The van der Waals surface area contributed by atoms with Crippen molar-refractivity contribution in [2.75, 3.05) is 17.2 Å². The normalized spacial score (nSPS) is 21.8. The van der Waals surface area contributed by atoms with Gasteiger partial charge in [-0.3, -0.25) is 0 Å². The summed E-state index contributed by atoms with van der Waals surface area (Å²) in [6.45, 7) is 11.9. The molecular weight excluding hydrogens is 260 g/mol. The van der Waals surface area contributed by atoms with Crippen LogP contribution in [0.3, 0.4) is 0 Å². The molecule has 0 radical (unpaired) electrons. The van der Waals surface area contributed by atoms with Crippen LogP contribution < -0.4 is 10.6 Å². The maximum atomic E-state index is 4.77. The van der Waals surface area contributed by atoms with Gasteiger partial charge in [0.15, 0.2) is 0 Å². The number of hydrogen-bond donors (Lipinski definition) is 2. The second-order valence-electron chi connectivity index (χ2n) is 6.74. The summed E-state index contributed by atoms with van der Waals surface area (Å²) in [5, 5.41) is 7.10. The van der Waals surface area contributed by atoms with Gasteiger partial charge in [0.1, 0.15) is 17.5 Å². The summed E-state index contributed by atoms with van der Waals surface area (Å²) < 4.78 is 0. The van der Waals surface area contributed by atoms with E-state index in [4.69, 9.17) is 9.97 Å². The highest BCUT2D eigenvalue weighted by molar-refractivity contribution is 5.57. The largest absolute Gasteiger partial charge is 0.370 e. The predicted octanol–water partition coefficient (Wildman–Crippen LogP) is 4.33. The molecule has 1 aliphatic carbocycles. The standard InChI is InChI=1S/C17H30N4/c1-6-9-18-16-13(5)17(21-15(20-16)11(2)3)19-14-8-7-12(4)10-14/h11-12,14H,6-10H2,1-5H3,(H2,18,19,20,21). The first kappa shape index (κ1) is 16.1. The quantitative estimate of drug-likeness (QED) is 0.818. The molecule has 1 heterocycles. The highest BCUT2D eigenvalue weighted by atomic mass is 15.1. The Morgan fingerprint density at radius 1 is 1.19 bits per heavy atom. The van der Waals surface area contributed by atoms with E-state index >= 15 is 0 Å². The minimum absolute atomic E-state index is 0.343. The molecule has 2 N–H and O–H groups in total. The van der Waals surface area contributed by atoms with E-state index in [0.717, 1.165) is 41.9 Å². The SMILES string of the molecule is CCCNc1nc(C(C)C)nc(NC2CCC(C)C2)c1C. The fourth-order valence-corrected chi connectivity index (χ4v) is 2.88. The van der Waals surface area contributed by atoms with E-state index in [1.54, 1.807) is 0 Å². The lowest BCUT2D eigenvalue weighted by atomic mass is 10.1. The Morgan fingerprint density at radius 3 is 2.48 bits per heavy atom. The molecule has 0 spiro atoms. The van der Waals surface area contributed by atoms with Crippen molar-refractivity contribution in [3.8, 4) is 0 Å². The van der Waals surface area contributed by atoms with Crippen LogP contribution in [0.15, 0.2) is 0 Å². The lowest BCUT2D eigenvalue weighted by molar-refractivity contribution is 0.602. The highest BCUT2D eigenvalue weighted by Crippen LogP contribution is 2.30. The van der Waals surface area contributed by atoms with Crippen molar-refractivity contribution < 1.29 is 0 Å². The summed E-state index contributed by atoms with van der Waals surface area (Å²) in [6, 6.07) is 0.563. The molecule has 21 heavy (non-hydrogen) atoms. The van der Waals surface area contributed by atoms with Gasteiger partial charge in [0.25, 0.3) is 0 Å². The Kier molecular flexibility index (Phi) is 5.43. The van der Waals surface area contributed by atoms with Gasteiger partial charge < -0.3 is 10.6 Å². The number of nitrogens with zero attached hydrogens (tertiary/aromatic N) is 2. The van der Waals surface area contributed by atoms with Crippen LogP contribution in [0.1, 0.15) is 70.7 Å². The number of rotatable bonds is 6. The van der Waals surface area contributed by atoms with Crippen LogP contribution in [0.25, 0.3) is 0 Å². The molecule has 0 amide bonds. The van der Waals surface area contributed by atoms with E-state index in [1.807, 2.05) is 0 Å². The molecule has 1 aromatic rings. The third kappa shape index (κ3) is 4.08. The molecule has 2 rings (SSSR count). The Morgan fingerprint density at radius 2 is 1.90 bits per heavy atom. The van der Waals surface area contributed by atoms with Crippen LogP contribution in [-0.4, -0.2) is 22.6 Å². The zero-order valence-electron chi connectivity index (χ0n) is 14.2. The van der Waals surface area contributed by atoms with E-state index in [9.17, 15) is 0 Å². The number of anilines is 2. The number of aromatic nitrogens is 2. The van der Waals surface area contributed by atoms with E-state index in [2.05, 4.69) is 45.3 Å². The summed E-state index contributed by atoms with van der Waals surface area (Å²) >= 11 is 0. The fraction of sp³-hybridized carbons (Fsp3) is 0.765. The van der Waals surface area contributed by atoms with Crippen molar-refractivity contribution in [2.24, 2.45) is 5.92 Å². The molecule has 118 valence electrons. The first-order valence-electron chi connectivity index (χ1n) is 8.40. The van der Waals surface area contributed by atoms with Gasteiger partial charge in [-0.05, 0) is 38.5 Å². The summed E-state index contributed by atoms with van der Waals surface area (Å²) in [5.41, 5.74) is 1.15. The maximum absolute atomic E-state index is 4.77. The molecule has 0 bridgehead atoms. The minimum Gasteiger partial charge on any atom is -0.370 e. The Balaban J connectivity index is 2.23. The molecule has 0 aromatic carbocycles. The van der Waals surface area contributed by atoms with Gasteiger partial charge in [-0.15, -0.1) is 0 Å². The first-order chi connectivity index (χ1) is 10.0. The molecule has 1 saturated carbocycles. The summed E-state index contributed by atoms with van der Waals surface area (Å²) in [7, 11) is 0. The van der Waals surface area contributed by atoms with Crippen LogP contribution in [-0.2, 0) is 0 Å². The van der Waals surface area contributed by atoms with Crippen molar-refractivity contribution in [1.82, 2.24) is 9.97 Å². The first-order valence-corrected chi connectivity index (χ1v) is 8.40. The second-order valence-corrected chi connectivity index (χ2v) is 6.74. The average Bonchev–Trinajstić information content (AvgIpc) is 2.84. The zero-order chi connectivity index (χ0) is 15.4. The van der Waals surface area contributed by atoms with Gasteiger partial charge in [-0.2, -0.15) is 0 Å². The number of nitrogens with one attached hydrogen (secondary N) is 2. The van der Waals surface area contributed by atoms with Crippen molar-refractivity contribution >= 4 is 11.6 Å². The van der Waals surface area contributed by atoms with Crippen LogP contribution in [0.5, 0.6) is 0 Å². The molecule has 2 atom stereocenters. The van der Waals surface area contributed by atoms with Crippen LogP contribution in [0.4, 0.5) is 11.6 Å². The predicted molar refractivity (Wildman–Crippen MR) is 90.1 cm³/mol. The van der Waals surface area contributed by atoms with Gasteiger partial charge in [-0.1, -0.05) is 27.7 Å². The van der Waals surface area contributed by atoms with Crippen LogP contribution in [0, 0.1) is 12.8 Å². The van der Waals surface area contributed by atoms with Crippen molar-refractivity contribution in [3.05, 3.63) is 11.4 Å². The summed E-state index contributed by atoms with van der Waals surface area (Å²) in [5.74, 6) is 4.10. The summed E-state index contributed by atoms with van der Waals surface area (Å²) in [4.78, 5) is 9.46. The van der Waals surface area contributed by atoms with Crippen LogP contribution >= 0.6 is 0 Å². The second kappa shape index (κ2) is 7.10. The highest BCUT2D eigenvalue weighted by Gasteiger charge is 2.23. The molecule has 0 aliphatic heterocycles. The average molecular weight is 290 g/mol. The molecular formula is C17H30N4. The molecule has 0 saturated heterocycles. The molecule has 1 fully saturated rings. The number of hydrogen-bond acceptors (Lipinski definition) is 4. The lowest BCUT2D eigenvalue weighted by Crippen LogP contribution is -2.19. The fourth-order valence-electron chi connectivity index (χ4n) is 2.88. The third-order valence-corrected chi connectivity index (χ3v) is 4.26. The van der Waals surface area contributed by atoms with Crippen molar-refractivity contribution in [3.63, 3.8) is 0 Å². The molecule has 1 aromatic heterocycles. The van der Waals surface area contributed by atoms with E-state index in [-0.39, 0.29) is 0 Å². The topological polar surface area (TPSA) is 49.8 Å². The third-order valence-electron chi connectivity index (χ3n) is 4.26. The molecule has 4 nitrogen and oxygen atoms in total. The minimum atomic E-state index is 0.343. The van der Waals surface area contributed by atoms with E-state index in [1.165, 1.54) is 19.3 Å². The Labute approximate surface area is 129 Å². The molecule has 4 heteroatoms. The van der Waals surface area contributed by atoms with Crippen LogP contribution in [0.2, 0.25) is 0 Å². The van der Waals surface area contributed by atoms with E-state index < -0.39 is 0 Å². The molecule has 1 aliphatic rings.